The lowest BCUT2D eigenvalue weighted by Gasteiger charge is -2.20. The van der Waals surface area contributed by atoms with Gasteiger partial charge in [0.15, 0.2) is 7.49 Å². The highest BCUT2D eigenvalue weighted by atomic mass is 31.2. The molecular formula is C10H20O2P+. The third-order valence-corrected chi connectivity index (χ3v) is 6.36. The van der Waals surface area contributed by atoms with E-state index < -0.39 is 7.49 Å². The van der Waals surface area contributed by atoms with Crippen LogP contribution in [0.25, 0.3) is 0 Å². The summed E-state index contributed by atoms with van der Waals surface area (Å²) in [7, 11) is -1.46. The normalized spacial score (nSPS) is 11.1. The summed E-state index contributed by atoms with van der Waals surface area (Å²) in [6.45, 7) is 11.5. The Balaban J connectivity index is 4.42. The molecule has 0 spiro atoms. The SMILES string of the molecule is C=C(C)C(=O)O[P+](CC)(CC)CC. The molecule has 0 saturated heterocycles. The van der Waals surface area contributed by atoms with Gasteiger partial charge in [0, 0.05) is 5.57 Å². The summed E-state index contributed by atoms with van der Waals surface area (Å²) in [5.41, 5.74) is 0.500. The third-order valence-electron chi connectivity index (χ3n) is 2.35. The lowest BCUT2D eigenvalue weighted by molar-refractivity contribution is -0.129. The minimum Gasteiger partial charge on any atom is -0.308 e. The van der Waals surface area contributed by atoms with Crippen LogP contribution in [-0.4, -0.2) is 24.5 Å². The minimum absolute atomic E-state index is 0.223. The van der Waals surface area contributed by atoms with Gasteiger partial charge in [-0.1, -0.05) is 6.58 Å². The highest BCUT2D eigenvalue weighted by molar-refractivity contribution is 7.71. The molecule has 0 aromatic rings. The first-order chi connectivity index (χ1) is 6.01. The third kappa shape index (κ3) is 3.48. The highest BCUT2D eigenvalue weighted by Crippen LogP contribution is 2.59. The van der Waals surface area contributed by atoms with Crippen LogP contribution in [0.3, 0.4) is 0 Å². The van der Waals surface area contributed by atoms with Crippen LogP contribution >= 0.6 is 7.49 Å². The maximum atomic E-state index is 11.3. The monoisotopic (exact) mass is 203 g/mol. The van der Waals surface area contributed by atoms with Crippen LogP contribution in [0.1, 0.15) is 27.7 Å². The van der Waals surface area contributed by atoms with Gasteiger partial charge in [0.05, 0.1) is 18.5 Å². The van der Waals surface area contributed by atoms with Crippen molar-refractivity contribution >= 4 is 13.5 Å². The molecule has 0 fully saturated rings. The van der Waals surface area contributed by atoms with Gasteiger partial charge in [-0.2, -0.15) is 0 Å². The van der Waals surface area contributed by atoms with Crippen LogP contribution in [0, 0.1) is 0 Å². The average Bonchev–Trinajstić information content (AvgIpc) is 2.14. The molecule has 0 heterocycles. The molecule has 0 radical (unpaired) electrons. The Hall–Kier alpha value is -0.360. The molecule has 0 aromatic heterocycles. The zero-order chi connectivity index (χ0) is 10.5. The summed E-state index contributed by atoms with van der Waals surface area (Å²) in [5, 5.41) is 0. The summed E-state index contributed by atoms with van der Waals surface area (Å²) in [6.07, 6.45) is 2.91. The van der Waals surface area contributed by atoms with Gasteiger partial charge >= 0.3 is 5.97 Å². The second kappa shape index (κ2) is 5.39. The standard InChI is InChI=1S/C10H20O2P/c1-6-13(7-2,8-3)12-10(11)9(4)5/h4,6-8H2,1-3,5H3/q+1. The Morgan fingerprint density at radius 1 is 1.23 bits per heavy atom. The maximum absolute atomic E-state index is 11.3. The topological polar surface area (TPSA) is 26.3 Å². The van der Waals surface area contributed by atoms with Crippen LogP contribution in [0.2, 0.25) is 0 Å². The molecule has 0 unspecified atom stereocenters. The van der Waals surface area contributed by atoms with Gasteiger partial charge in [0.2, 0.25) is 0 Å². The molecule has 0 aromatic carbocycles. The lowest BCUT2D eigenvalue weighted by atomic mass is 10.4. The number of hydrogen-bond donors (Lipinski definition) is 0. The van der Waals surface area contributed by atoms with Gasteiger partial charge in [-0.05, 0) is 27.7 Å². The van der Waals surface area contributed by atoms with Gasteiger partial charge in [-0.15, -0.1) is 0 Å². The summed E-state index contributed by atoms with van der Waals surface area (Å²) in [5.74, 6) is -0.223. The van der Waals surface area contributed by atoms with E-state index in [2.05, 4.69) is 27.4 Å². The zero-order valence-corrected chi connectivity index (χ0v) is 9.99. The molecular weight excluding hydrogens is 183 g/mol. The van der Waals surface area contributed by atoms with E-state index in [0.717, 1.165) is 18.5 Å². The van der Waals surface area contributed by atoms with Crippen molar-refractivity contribution in [3.05, 3.63) is 12.2 Å². The number of carbonyl (C=O) groups excluding carboxylic acids is 1. The van der Waals surface area contributed by atoms with E-state index in [1.54, 1.807) is 6.92 Å². The molecule has 13 heavy (non-hydrogen) atoms. The quantitative estimate of drug-likeness (QED) is 0.507. The molecule has 0 rings (SSSR count). The van der Waals surface area contributed by atoms with E-state index in [1.807, 2.05) is 0 Å². The fourth-order valence-electron chi connectivity index (χ4n) is 1.12. The molecule has 0 aliphatic rings. The Labute approximate surface area is 81.8 Å². The van der Waals surface area contributed by atoms with Gasteiger partial charge in [-0.3, -0.25) is 0 Å². The van der Waals surface area contributed by atoms with Gasteiger partial charge in [0.1, 0.15) is 0 Å². The van der Waals surface area contributed by atoms with E-state index in [9.17, 15) is 4.79 Å². The molecule has 0 N–H and O–H groups in total. The molecule has 2 nitrogen and oxygen atoms in total. The summed E-state index contributed by atoms with van der Waals surface area (Å²) in [6, 6.07) is 0. The van der Waals surface area contributed by atoms with Crippen LogP contribution in [0.15, 0.2) is 12.2 Å². The molecule has 0 bridgehead atoms. The molecule has 76 valence electrons. The van der Waals surface area contributed by atoms with Crippen molar-refractivity contribution in [2.75, 3.05) is 18.5 Å². The minimum atomic E-state index is -1.46. The molecule has 3 heteroatoms. The van der Waals surface area contributed by atoms with E-state index in [1.165, 1.54) is 0 Å². The second-order valence-electron chi connectivity index (χ2n) is 3.17. The first-order valence-electron chi connectivity index (χ1n) is 4.76. The highest BCUT2D eigenvalue weighted by Gasteiger charge is 2.37. The molecule has 0 amide bonds. The number of rotatable bonds is 5. The van der Waals surface area contributed by atoms with Crippen LogP contribution in [0.5, 0.6) is 0 Å². The van der Waals surface area contributed by atoms with E-state index in [4.69, 9.17) is 4.52 Å². The smallest absolute Gasteiger partial charge is 0.308 e. The predicted octanol–water partition coefficient (Wildman–Crippen LogP) is 3.10. The molecule has 0 aliphatic heterocycles. The molecule has 0 saturated carbocycles. The molecule has 0 aliphatic carbocycles. The van der Waals surface area contributed by atoms with Crippen molar-refractivity contribution in [2.24, 2.45) is 0 Å². The largest absolute Gasteiger partial charge is 0.375 e. The van der Waals surface area contributed by atoms with Crippen molar-refractivity contribution in [1.82, 2.24) is 0 Å². The van der Waals surface area contributed by atoms with E-state index in [-0.39, 0.29) is 5.97 Å². The first-order valence-corrected chi connectivity index (χ1v) is 7.03. The Morgan fingerprint density at radius 2 is 1.62 bits per heavy atom. The fraction of sp³-hybridized carbons (Fsp3) is 0.700. The van der Waals surface area contributed by atoms with Crippen molar-refractivity contribution in [1.29, 1.82) is 0 Å². The van der Waals surface area contributed by atoms with Crippen molar-refractivity contribution in [3.8, 4) is 0 Å². The van der Waals surface area contributed by atoms with Crippen molar-refractivity contribution in [3.63, 3.8) is 0 Å². The Bertz CT molecular complexity index is 187. The van der Waals surface area contributed by atoms with Crippen LogP contribution < -0.4 is 0 Å². The number of hydrogen-bond acceptors (Lipinski definition) is 2. The Kier molecular flexibility index (Phi) is 5.24. The average molecular weight is 203 g/mol. The maximum Gasteiger partial charge on any atom is 0.375 e. The fourth-order valence-corrected chi connectivity index (χ4v) is 3.35. The second-order valence-corrected chi connectivity index (χ2v) is 7.36. The first kappa shape index (κ1) is 12.6. The zero-order valence-electron chi connectivity index (χ0n) is 9.09. The predicted molar refractivity (Wildman–Crippen MR) is 59.4 cm³/mol. The summed E-state index contributed by atoms with van der Waals surface area (Å²) < 4.78 is 5.52. The number of carbonyl (C=O) groups is 1. The van der Waals surface area contributed by atoms with Crippen LogP contribution in [0.4, 0.5) is 0 Å². The van der Waals surface area contributed by atoms with E-state index >= 15 is 0 Å². The van der Waals surface area contributed by atoms with Crippen molar-refractivity contribution in [2.45, 2.75) is 27.7 Å². The Morgan fingerprint density at radius 3 is 1.85 bits per heavy atom. The van der Waals surface area contributed by atoms with Crippen molar-refractivity contribution < 1.29 is 9.32 Å². The van der Waals surface area contributed by atoms with Crippen LogP contribution in [-0.2, 0) is 9.32 Å². The molecule has 0 atom stereocenters. The van der Waals surface area contributed by atoms with Gasteiger partial charge < -0.3 is 4.52 Å². The van der Waals surface area contributed by atoms with Gasteiger partial charge in [-0.25, -0.2) is 4.79 Å². The van der Waals surface area contributed by atoms with Gasteiger partial charge in [0.25, 0.3) is 0 Å². The summed E-state index contributed by atoms with van der Waals surface area (Å²) in [4.78, 5) is 11.3. The van der Waals surface area contributed by atoms with E-state index in [0.29, 0.717) is 5.57 Å². The summed E-state index contributed by atoms with van der Waals surface area (Å²) >= 11 is 0. The lowest BCUT2D eigenvalue weighted by Crippen LogP contribution is -2.13.